The van der Waals surface area contributed by atoms with Gasteiger partial charge in [0.15, 0.2) is 0 Å². The van der Waals surface area contributed by atoms with Gasteiger partial charge in [0.2, 0.25) is 0 Å². The zero-order chi connectivity index (χ0) is 15.9. The molecule has 0 unspecified atom stereocenters. The van der Waals surface area contributed by atoms with Crippen LogP contribution in [-0.4, -0.2) is 59.8 Å². The van der Waals surface area contributed by atoms with E-state index >= 15 is 0 Å². The molecular formula is C15H27LiN2O4. The molecule has 0 aliphatic carbocycles. The molecule has 0 saturated heterocycles. The van der Waals surface area contributed by atoms with Gasteiger partial charge < -0.3 is 20.3 Å². The van der Waals surface area contributed by atoms with Crippen molar-refractivity contribution in [1.29, 1.82) is 0 Å². The van der Waals surface area contributed by atoms with Crippen molar-refractivity contribution in [3.63, 3.8) is 0 Å². The Hall–Kier alpha value is -0.803. The molecule has 0 amide bonds. The molecule has 0 fully saturated rings. The van der Waals surface area contributed by atoms with Crippen LogP contribution in [0.2, 0.25) is 0 Å². The fourth-order valence-electron chi connectivity index (χ4n) is 1.76. The van der Waals surface area contributed by atoms with Crippen LogP contribution in [0.4, 0.5) is 0 Å². The van der Waals surface area contributed by atoms with Crippen LogP contribution in [0.1, 0.15) is 39.0 Å². The smallest absolute Gasteiger partial charge is 0.862 e. The van der Waals surface area contributed by atoms with E-state index in [1.54, 1.807) is 4.90 Å². The Kier molecular flexibility index (Phi) is 17.7. The van der Waals surface area contributed by atoms with Crippen LogP contribution in [0, 0.1) is 0 Å². The minimum atomic E-state index is -0.916. The number of hydrogen-bond donors (Lipinski definition) is 2. The third-order valence-electron chi connectivity index (χ3n) is 2.84. The van der Waals surface area contributed by atoms with Crippen LogP contribution in [0.15, 0.2) is 17.1 Å². The second kappa shape index (κ2) is 16.6. The molecule has 0 aromatic carbocycles. The summed E-state index contributed by atoms with van der Waals surface area (Å²) in [6.07, 6.45) is 7.80. The summed E-state index contributed by atoms with van der Waals surface area (Å²) in [7, 11) is 0. The molecule has 0 bridgehead atoms. The summed E-state index contributed by atoms with van der Waals surface area (Å²) in [5.74, 6) is -1.06. The largest absolute Gasteiger partial charge is 1.00 e. The van der Waals surface area contributed by atoms with Gasteiger partial charge in [0, 0.05) is 19.7 Å². The van der Waals surface area contributed by atoms with Gasteiger partial charge in [-0.05, 0) is 31.6 Å². The summed E-state index contributed by atoms with van der Waals surface area (Å²) in [4.78, 5) is 16.3. The van der Waals surface area contributed by atoms with E-state index in [2.05, 4.69) is 18.0 Å². The van der Waals surface area contributed by atoms with E-state index in [4.69, 9.17) is 10.2 Å². The molecule has 0 atom stereocenters. The minimum Gasteiger partial charge on any atom is -0.862 e. The van der Waals surface area contributed by atoms with Crippen LogP contribution < -0.4 is 24.0 Å². The van der Waals surface area contributed by atoms with Crippen molar-refractivity contribution in [2.75, 3.05) is 32.8 Å². The molecule has 2 N–H and O–H groups in total. The van der Waals surface area contributed by atoms with Crippen molar-refractivity contribution in [1.82, 2.24) is 4.90 Å². The summed E-state index contributed by atoms with van der Waals surface area (Å²) < 4.78 is 0. The van der Waals surface area contributed by atoms with Crippen molar-refractivity contribution in [2.45, 2.75) is 39.0 Å². The molecule has 0 aromatic heterocycles. The number of carboxylic acids is 1. The fourth-order valence-corrected chi connectivity index (χ4v) is 1.76. The zero-order valence-electron chi connectivity index (χ0n) is 13.8. The van der Waals surface area contributed by atoms with Gasteiger partial charge >= 0.3 is 24.8 Å². The van der Waals surface area contributed by atoms with E-state index in [0.29, 0.717) is 38.9 Å². The zero-order valence-corrected chi connectivity index (χ0v) is 13.8. The van der Waals surface area contributed by atoms with Crippen molar-refractivity contribution < 1.29 is 39.0 Å². The number of aliphatic imine (C=N–C) groups is 1. The molecule has 0 radical (unpaired) electrons. The molecule has 0 spiro atoms. The van der Waals surface area contributed by atoms with Crippen LogP contribution in [0.5, 0.6) is 0 Å². The third kappa shape index (κ3) is 15.6. The van der Waals surface area contributed by atoms with Gasteiger partial charge in [-0.3, -0.25) is 9.69 Å². The first kappa shape index (κ1) is 23.5. The van der Waals surface area contributed by atoms with Crippen LogP contribution in [0.25, 0.3) is 0 Å². The number of aliphatic carboxylic acids is 1. The van der Waals surface area contributed by atoms with Gasteiger partial charge in [0.05, 0.1) is 13.1 Å². The molecule has 122 valence electrons. The Morgan fingerprint density at radius 1 is 1.27 bits per heavy atom. The Bertz CT molecular complexity index is 336. The number of hydrogen-bond acceptors (Lipinski definition) is 5. The van der Waals surface area contributed by atoms with E-state index in [0.717, 1.165) is 12.8 Å². The number of rotatable bonds is 13. The predicted molar refractivity (Wildman–Crippen MR) is 81.4 cm³/mol. The van der Waals surface area contributed by atoms with E-state index in [1.807, 2.05) is 6.08 Å². The average Bonchev–Trinajstić information content (AvgIpc) is 2.43. The molecule has 0 aliphatic heterocycles. The SMILES string of the molecule is CCC/C=C/CCC([O-])=NCCN(CCCO)CC(=O)O.[Li+]. The van der Waals surface area contributed by atoms with E-state index in [9.17, 15) is 9.90 Å². The third-order valence-corrected chi connectivity index (χ3v) is 2.84. The number of unbranched alkanes of at least 4 members (excludes halogenated alkanes) is 1. The molecule has 0 saturated carbocycles. The van der Waals surface area contributed by atoms with E-state index in [-0.39, 0.29) is 37.9 Å². The summed E-state index contributed by atoms with van der Waals surface area (Å²) in [5.41, 5.74) is 0. The number of aliphatic hydroxyl groups excluding tert-OH is 1. The topological polar surface area (TPSA) is 96.2 Å². The average molecular weight is 306 g/mol. The summed E-state index contributed by atoms with van der Waals surface area (Å²) in [5, 5.41) is 29.1. The number of carboxylic acid groups (broad SMARTS) is 1. The quantitative estimate of drug-likeness (QED) is 0.172. The van der Waals surface area contributed by atoms with Crippen molar-refractivity contribution in [2.24, 2.45) is 4.99 Å². The molecule has 0 rings (SSSR count). The summed E-state index contributed by atoms with van der Waals surface area (Å²) in [6, 6.07) is 0. The molecule has 0 aliphatic rings. The Morgan fingerprint density at radius 3 is 2.55 bits per heavy atom. The molecule has 0 heterocycles. The van der Waals surface area contributed by atoms with Gasteiger partial charge in [0.1, 0.15) is 0 Å². The second-order valence-corrected chi connectivity index (χ2v) is 4.82. The number of carbonyl (C=O) groups is 1. The minimum absolute atomic E-state index is 0. The normalized spacial score (nSPS) is 11.9. The summed E-state index contributed by atoms with van der Waals surface area (Å²) >= 11 is 0. The Morgan fingerprint density at radius 2 is 1.95 bits per heavy atom. The maximum atomic E-state index is 11.5. The fraction of sp³-hybridized carbons (Fsp3) is 0.733. The van der Waals surface area contributed by atoms with E-state index < -0.39 is 5.97 Å². The van der Waals surface area contributed by atoms with Crippen LogP contribution >= 0.6 is 0 Å². The van der Waals surface area contributed by atoms with Gasteiger partial charge in [-0.25, -0.2) is 0 Å². The molecule has 6 nitrogen and oxygen atoms in total. The first-order valence-corrected chi connectivity index (χ1v) is 7.50. The predicted octanol–water partition coefficient (Wildman–Crippen LogP) is -2.35. The van der Waals surface area contributed by atoms with Crippen LogP contribution in [-0.2, 0) is 4.79 Å². The maximum absolute atomic E-state index is 11.5. The van der Waals surface area contributed by atoms with Gasteiger partial charge in [-0.15, -0.1) is 0 Å². The van der Waals surface area contributed by atoms with Crippen molar-refractivity contribution in [3.05, 3.63) is 12.2 Å². The standard InChI is InChI=1S/C15H28N2O4.Li/c1-2-3-4-5-6-8-14(19)16-9-11-17(10-7-12-18)13-15(20)21;/h4-5,18H,2-3,6-13H2,1H3,(H,16,19)(H,20,21);/q;+1/p-1/b5-4+;. The molecular weight excluding hydrogens is 279 g/mol. The molecule has 0 aromatic rings. The Balaban J connectivity index is 0. The van der Waals surface area contributed by atoms with Gasteiger partial charge in [0.25, 0.3) is 0 Å². The van der Waals surface area contributed by atoms with Crippen molar-refractivity contribution >= 4 is 11.9 Å². The molecule has 7 heteroatoms. The Labute approximate surface area is 145 Å². The van der Waals surface area contributed by atoms with Crippen molar-refractivity contribution in [3.8, 4) is 0 Å². The van der Waals surface area contributed by atoms with E-state index in [1.165, 1.54) is 0 Å². The van der Waals surface area contributed by atoms with Gasteiger partial charge in [-0.2, -0.15) is 0 Å². The first-order valence-electron chi connectivity index (χ1n) is 7.50. The van der Waals surface area contributed by atoms with Crippen LogP contribution in [0.3, 0.4) is 0 Å². The monoisotopic (exact) mass is 306 g/mol. The second-order valence-electron chi connectivity index (χ2n) is 4.82. The summed E-state index contributed by atoms with van der Waals surface area (Å²) in [6.45, 7) is 3.25. The number of allylic oxidation sites excluding steroid dienone is 2. The number of aliphatic hydroxyl groups is 1. The maximum Gasteiger partial charge on any atom is 1.00 e. The first-order chi connectivity index (χ1) is 10.1. The van der Waals surface area contributed by atoms with Gasteiger partial charge in [-0.1, -0.05) is 25.5 Å². The molecule has 22 heavy (non-hydrogen) atoms. The number of nitrogens with zero attached hydrogens (tertiary/aromatic N) is 2.